The van der Waals surface area contributed by atoms with Crippen molar-refractivity contribution in [1.82, 2.24) is 4.90 Å². The Morgan fingerprint density at radius 2 is 2.41 bits per heavy atom. The molecule has 2 rings (SSSR count). The number of thiophene rings is 1. The van der Waals surface area contributed by atoms with E-state index < -0.39 is 11.9 Å². The van der Waals surface area contributed by atoms with E-state index in [0.29, 0.717) is 25.9 Å². The lowest BCUT2D eigenvalue weighted by atomic mass is 9.97. The number of amides is 1. The van der Waals surface area contributed by atoms with Crippen LogP contribution in [-0.4, -0.2) is 35.0 Å². The van der Waals surface area contributed by atoms with E-state index in [-0.39, 0.29) is 5.91 Å². The van der Waals surface area contributed by atoms with Crippen molar-refractivity contribution in [2.45, 2.75) is 19.3 Å². The summed E-state index contributed by atoms with van der Waals surface area (Å²) in [5.74, 6) is -1.10. The molecule has 1 aromatic rings. The molecule has 0 aliphatic carbocycles. The normalized spacial score (nSPS) is 20.6. The second-order valence-electron chi connectivity index (χ2n) is 4.24. The molecule has 1 aliphatic rings. The van der Waals surface area contributed by atoms with Crippen molar-refractivity contribution in [3.8, 4) is 0 Å². The quantitative estimate of drug-likeness (QED) is 0.887. The van der Waals surface area contributed by atoms with Crippen LogP contribution >= 0.6 is 11.3 Å². The molecule has 1 unspecified atom stereocenters. The van der Waals surface area contributed by atoms with E-state index in [9.17, 15) is 9.59 Å². The van der Waals surface area contributed by atoms with Crippen LogP contribution in [0.15, 0.2) is 17.5 Å². The smallest absolute Gasteiger partial charge is 0.308 e. The van der Waals surface area contributed by atoms with Crippen molar-refractivity contribution in [3.05, 3.63) is 22.4 Å². The van der Waals surface area contributed by atoms with Gasteiger partial charge in [-0.3, -0.25) is 9.59 Å². The summed E-state index contributed by atoms with van der Waals surface area (Å²) in [4.78, 5) is 25.5. The van der Waals surface area contributed by atoms with Crippen LogP contribution in [0.4, 0.5) is 0 Å². The average molecular weight is 253 g/mol. The monoisotopic (exact) mass is 253 g/mol. The fourth-order valence-corrected chi connectivity index (χ4v) is 2.73. The van der Waals surface area contributed by atoms with Gasteiger partial charge in [-0.2, -0.15) is 0 Å². The predicted octanol–water partition coefficient (Wildman–Crippen LogP) is 1.61. The molecule has 1 fully saturated rings. The van der Waals surface area contributed by atoms with E-state index in [1.165, 1.54) is 4.88 Å². The first-order valence-corrected chi connectivity index (χ1v) is 6.58. The number of aliphatic carboxylic acids is 1. The van der Waals surface area contributed by atoms with Crippen LogP contribution in [0.3, 0.4) is 0 Å². The van der Waals surface area contributed by atoms with Gasteiger partial charge in [-0.1, -0.05) is 6.07 Å². The lowest BCUT2D eigenvalue weighted by Crippen LogP contribution is -2.43. The minimum absolute atomic E-state index is 0.0825. The highest BCUT2D eigenvalue weighted by Gasteiger charge is 2.29. The average Bonchev–Trinajstić information content (AvgIpc) is 2.80. The molecular weight excluding hydrogens is 238 g/mol. The van der Waals surface area contributed by atoms with Gasteiger partial charge < -0.3 is 10.0 Å². The molecule has 0 bridgehead atoms. The highest BCUT2D eigenvalue weighted by Crippen LogP contribution is 2.19. The molecule has 1 aromatic heterocycles. The first-order valence-electron chi connectivity index (χ1n) is 5.70. The minimum atomic E-state index is -0.793. The van der Waals surface area contributed by atoms with Gasteiger partial charge in [-0.25, -0.2) is 0 Å². The Balaban J connectivity index is 1.89. The molecule has 1 aliphatic heterocycles. The fraction of sp³-hybridized carbons (Fsp3) is 0.500. The molecule has 0 aromatic carbocycles. The van der Waals surface area contributed by atoms with Gasteiger partial charge in [-0.05, 0) is 24.3 Å². The number of nitrogens with zero attached hydrogens (tertiary/aromatic N) is 1. The maximum Gasteiger partial charge on any atom is 0.308 e. The topological polar surface area (TPSA) is 57.6 Å². The zero-order valence-electron chi connectivity index (χ0n) is 9.46. The van der Waals surface area contributed by atoms with Crippen LogP contribution in [0.25, 0.3) is 0 Å². The molecule has 0 spiro atoms. The lowest BCUT2D eigenvalue weighted by Gasteiger charge is -2.30. The summed E-state index contributed by atoms with van der Waals surface area (Å²) in [6.45, 7) is 0.989. The molecule has 17 heavy (non-hydrogen) atoms. The lowest BCUT2D eigenvalue weighted by molar-refractivity contribution is -0.147. The van der Waals surface area contributed by atoms with Gasteiger partial charge in [0.05, 0.1) is 5.92 Å². The van der Waals surface area contributed by atoms with E-state index >= 15 is 0 Å². The Hall–Kier alpha value is -1.36. The summed E-state index contributed by atoms with van der Waals surface area (Å²) in [5.41, 5.74) is 0. The van der Waals surface area contributed by atoms with Crippen LogP contribution in [0.1, 0.15) is 17.7 Å². The first-order chi connectivity index (χ1) is 8.16. The highest BCUT2D eigenvalue weighted by molar-refractivity contribution is 7.09. The number of hydrogen-bond acceptors (Lipinski definition) is 3. The van der Waals surface area contributed by atoms with E-state index in [2.05, 4.69) is 0 Å². The van der Waals surface area contributed by atoms with Crippen molar-refractivity contribution in [2.75, 3.05) is 13.1 Å². The van der Waals surface area contributed by atoms with Gasteiger partial charge in [-0.15, -0.1) is 11.3 Å². The highest BCUT2D eigenvalue weighted by atomic mass is 32.1. The van der Waals surface area contributed by atoms with Gasteiger partial charge in [0.25, 0.3) is 0 Å². The molecule has 0 saturated carbocycles. The largest absolute Gasteiger partial charge is 0.481 e. The van der Waals surface area contributed by atoms with E-state index in [1.54, 1.807) is 16.2 Å². The standard InChI is InChI=1S/C12H15NO3S/c14-11-4-3-9(12(15)16)8-13(11)6-5-10-2-1-7-17-10/h1-2,7,9H,3-6,8H2,(H,15,16). The summed E-state index contributed by atoms with van der Waals surface area (Å²) >= 11 is 1.67. The number of likely N-dealkylation sites (tertiary alicyclic amines) is 1. The number of carbonyl (C=O) groups is 2. The number of carboxylic acids is 1. The molecule has 2 heterocycles. The third kappa shape index (κ3) is 3.06. The maximum absolute atomic E-state index is 11.7. The first kappa shape index (κ1) is 12.1. The molecule has 5 heteroatoms. The minimum Gasteiger partial charge on any atom is -0.481 e. The Morgan fingerprint density at radius 3 is 3.06 bits per heavy atom. The summed E-state index contributed by atoms with van der Waals surface area (Å²) in [5, 5.41) is 11.0. The van der Waals surface area contributed by atoms with Crippen molar-refractivity contribution in [1.29, 1.82) is 0 Å². The van der Waals surface area contributed by atoms with Gasteiger partial charge in [0.1, 0.15) is 0 Å². The molecular formula is C12H15NO3S. The Bertz CT molecular complexity index is 402. The van der Waals surface area contributed by atoms with Gasteiger partial charge in [0.2, 0.25) is 5.91 Å². The Morgan fingerprint density at radius 1 is 1.59 bits per heavy atom. The Kier molecular flexibility index (Phi) is 3.78. The SMILES string of the molecule is O=C(O)C1CCC(=O)N(CCc2cccs2)C1. The van der Waals surface area contributed by atoms with Gasteiger partial charge in [0.15, 0.2) is 0 Å². The molecule has 0 radical (unpaired) electrons. The maximum atomic E-state index is 11.7. The number of carbonyl (C=O) groups excluding carboxylic acids is 1. The van der Waals surface area contributed by atoms with Crippen molar-refractivity contribution < 1.29 is 14.7 Å². The summed E-state index contributed by atoms with van der Waals surface area (Å²) in [7, 11) is 0. The molecule has 1 amide bonds. The van der Waals surface area contributed by atoms with E-state index in [0.717, 1.165) is 6.42 Å². The van der Waals surface area contributed by atoms with Crippen LogP contribution < -0.4 is 0 Å². The molecule has 4 nitrogen and oxygen atoms in total. The Labute approximate surface area is 104 Å². The van der Waals surface area contributed by atoms with Crippen LogP contribution in [0.5, 0.6) is 0 Å². The summed E-state index contributed by atoms with van der Waals surface area (Å²) < 4.78 is 0. The zero-order valence-corrected chi connectivity index (χ0v) is 10.3. The summed E-state index contributed by atoms with van der Waals surface area (Å²) in [6.07, 6.45) is 1.65. The third-order valence-corrected chi connectivity index (χ3v) is 3.99. The van der Waals surface area contributed by atoms with E-state index in [4.69, 9.17) is 5.11 Å². The summed E-state index contributed by atoms with van der Waals surface area (Å²) in [6, 6.07) is 4.02. The second kappa shape index (κ2) is 5.31. The number of piperidine rings is 1. The predicted molar refractivity (Wildman–Crippen MR) is 65.0 cm³/mol. The zero-order chi connectivity index (χ0) is 12.3. The number of hydrogen-bond donors (Lipinski definition) is 1. The van der Waals surface area contributed by atoms with Gasteiger partial charge >= 0.3 is 5.97 Å². The van der Waals surface area contributed by atoms with Crippen LogP contribution in [0.2, 0.25) is 0 Å². The van der Waals surface area contributed by atoms with Crippen LogP contribution in [-0.2, 0) is 16.0 Å². The number of carboxylic acid groups (broad SMARTS) is 1. The van der Waals surface area contributed by atoms with Crippen molar-refractivity contribution in [3.63, 3.8) is 0 Å². The number of rotatable bonds is 4. The van der Waals surface area contributed by atoms with Crippen LogP contribution in [0, 0.1) is 5.92 Å². The second-order valence-corrected chi connectivity index (χ2v) is 5.28. The van der Waals surface area contributed by atoms with E-state index in [1.807, 2.05) is 17.5 Å². The molecule has 1 atom stereocenters. The van der Waals surface area contributed by atoms with Gasteiger partial charge in [0, 0.05) is 24.4 Å². The fourth-order valence-electron chi connectivity index (χ4n) is 2.03. The third-order valence-electron chi connectivity index (χ3n) is 3.06. The van der Waals surface area contributed by atoms with Crippen molar-refractivity contribution >= 4 is 23.2 Å². The van der Waals surface area contributed by atoms with Crippen molar-refractivity contribution in [2.24, 2.45) is 5.92 Å². The molecule has 1 N–H and O–H groups in total. The molecule has 1 saturated heterocycles. The molecule has 92 valence electrons.